The highest BCUT2D eigenvalue weighted by Crippen LogP contribution is 2.37. The van der Waals surface area contributed by atoms with Crippen molar-refractivity contribution in [2.45, 2.75) is 25.3 Å². The number of aromatic nitrogens is 1. The molecule has 1 aliphatic heterocycles. The Balaban J connectivity index is 1.22. The van der Waals surface area contributed by atoms with Gasteiger partial charge in [0, 0.05) is 37.3 Å². The van der Waals surface area contributed by atoms with Gasteiger partial charge in [0.15, 0.2) is 0 Å². The number of piperazine rings is 1. The van der Waals surface area contributed by atoms with Gasteiger partial charge in [0.25, 0.3) is 5.91 Å². The Bertz CT molecular complexity index is 1290. The normalized spacial score (nSPS) is 16.3. The molecule has 0 saturated carbocycles. The zero-order valence-electron chi connectivity index (χ0n) is 19.1. The number of thiophene rings is 1. The van der Waals surface area contributed by atoms with Crippen LogP contribution in [0.4, 0.5) is 5.69 Å². The van der Waals surface area contributed by atoms with Crippen molar-refractivity contribution in [2.24, 2.45) is 0 Å². The van der Waals surface area contributed by atoms with Crippen LogP contribution < -0.4 is 5.73 Å². The molecule has 0 bridgehead atoms. The van der Waals surface area contributed by atoms with Crippen molar-refractivity contribution in [1.82, 2.24) is 14.8 Å². The number of nitrogens with two attached hydrogens (primary N) is 1. The minimum atomic E-state index is 0.0382. The average molecular weight is 469 g/mol. The van der Waals surface area contributed by atoms with Gasteiger partial charge in [-0.3, -0.25) is 9.69 Å². The highest BCUT2D eigenvalue weighted by Gasteiger charge is 2.30. The first-order valence-corrected chi connectivity index (χ1v) is 12.8. The number of hydrogen-bond acceptors (Lipinski definition) is 5. The standard InChI is InChI=1S/C28H28N4OS/c29-24-22-18-21-12-7-13-23(21)30-27(22)34-26(24)28(33)32-16-14-31(15-17-32)25(19-8-3-1-4-9-19)20-10-5-2-6-11-20/h1-6,8-11,18,25H,7,12-17,29H2. The summed E-state index contributed by atoms with van der Waals surface area (Å²) in [6.07, 6.45) is 3.24. The Morgan fingerprint density at radius 2 is 1.56 bits per heavy atom. The van der Waals surface area contributed by atoms with Crippen LogP contribution in [0.1, 0.15) is 44.5 Å². The fourth-order valence-corrected chi connectivity index (χ4v) is 6.43. The molecule has 0 radical (unpaired) electrons. The van der Waals surface area contributed by atoms with E-state index in [4.69, 9.17) is 10.7 Å². The zero-order valence-corrected chi connectivity index (χ0v) is 19.9. The number of carbonyl (C=O) groups is 1. The first-order valence-electron chi connectivity index (χ1n) is 12.0. The molecule has 34 heavy (non-hydrogen) atoms. The molecule has 2 aliphatic rings. The number of anilines is 1. The molecule has 2 aromatic carbocycles. The van der Waals surface area contributed by atoms with Gasteiger partial charge in [-0.05, 0) is 42.0 Å². The molecule has 0 unspecified atom stereocenters. The summed E-state index contributed by atoms with van der Waals surface area (Å²) in [5.41, 5.74) is 12.1. The van der Waals surface area contributed by atoms with Gasteiger partial charge in [0.05, 0.1) is 11.7 Å². The van der Waals surface area contributed by atoms with Crippen molar-refractivity contribution in [3.8, 4) is 0 Å². The van der Waals surface area contributed by atoms with Crippen LogP contribution in [0, 0.1) is 0 Å². The first kappa shape index (κ1) is 21.3. The number of pyridine rings is 1. The molecule has 0 spiro atoms. The van der Waals surface area contributed by atoms with Gasteiger partial charge < -0.3 is 10.6 Å². The van der Waals surface area contributed by atoms with Crippen molar-refractivity contribution in [3.05, 3.63) is 94.0 Å². The minimum Gasteiger partial charge on any atom is -0.397 e. The summed E-state index contributed by atoms with van der Waals surface area (Å²) in [4.78, 5) is 24.3. The van der Waals surface area contributed by atoms with Crippen LogP contribution in [-0.2, 0) is 12.8 Å². The van der Waals surface area contributed by atoms with E-state index in [2.05, 4.69) is 71.6 Å². The van der Waals surface area contributed by atoms with Crippen molar-refractivity contribution < 1.29 is 4.79 Å². The van der Waals surface area contributed by atoms with Crippen molar-refractivity contribution in [3.63, 3.8) is 0 Å². The van der Waals surface area contributed by atoms with Gasteiger partial charge in [-0.25, -0.2) is 4.98 Å². The van der Waals surface area contributed by atoms with E-state index in [1.165, 1.54) is 33.7 Å². The molecule has 0 atom stereocenters. The van der Waals surface area contributed by atoms with Gasteiger partial charge in [0.2, 0.25) is 0 Å². The van der Waals surface area contributed by atoms with E-state index in [1.807, 2.05) is 4.90 Å². The molecule has 6 rings (SSSR count). The molecule has 5 nitrogen and oxygen atoms in total. The smallest absolute Gasteiger partial charge is 0.266 e. The molecule has 172 valence electrons. The maximum Gasteiger partial charge on any atom is 0.266 e. The molecule has 3 heterocycles. The number of rotatable bonds is 4. The van der Waals surface area contributed by atoms with Crippen molar-refractivity contribution in [1.29, 1.82) is 0 Å². The first-order chi connectivity index (χ1) is 16.7. The molecule has 1 saturated heterocycles. The van der Waals surface area contributed by atoms with E-state index in [-0.39, 0.29) is 11.9 Å². The SMILES string of the molecule is Nc1c(C(=O)N2CCN(C(c3ccccc3)c3ccccc3)CC2)sc2nc3c(cc12)CCC3. The van der Waals surface area contributed by atoms with E-state index in [0.29, 0.717) is 23.7 Å². The number of amides is 1. The van der Waals surface area contributed by atoms with Crippen LogP contribution in [0.15, 0.2) is 66.7 Å². The number of aryl methyl sites for hydroxylation is 2. The Kier molecular flexibility index (Phi) is 5.55. The van der Waals surface area contributed by atoms with E-state index in [0.717, 1.165) is 42.6 Å². The predicted octanol–water partition coefficient (Wildman–Crippen LogP) is 4.91. The highest BCUT2D eigenvalue weighted by atomic mass is 32.1. The number of benzene rings is 2. The van der Waals surface area contributed by atoms with Gasteiger partial charge in [-0.2, -0.15) is 0 Å². The molecule has 1 amide bonds. The quantitative estimate of drug-likeness (QED) is 0.462. The van der Waals surface area contributed by atoms with Crippen LogP contribution in [0.3, 0.4) is 0 Å². The van der Waals surface area contributed by atoms with Crippen molar-refractivity contribution >= 4 is 33.1 Å². The molecule has 6 heteroatoms. The summed E-state index contributed by atoms with van der Waals surface area (Å²) in [5.74, 6) is 0.0382. The maximum atomic E-state index is 13.5. The summed E-state index contributed by atoms with van der Waals surface area (Å²) in [6.45, 7) is 3.01. The molecule has 4 aromatic rings. The molecule has 2 N–H and O–H groups in total. The summed E-state index contributed by atoms with van der Waals surface area (Å²) in [5, 5.41) is 0.945. The second kappa shape index (κ2) is 8.85. The lowest BCUT2D eigenvalue weighted by Gasteiger charge is -2.39. The minimum absolute atomic E-state index is 0.0382. The number of carbonyl (C=O) groups excluding carboxylic acids is 1. The largest absolute Gasteiger partial charge is 0.397 e. The monoisotopic (exact) mass is 468 g/mol. The van der Waals surface area contributed by atoms with Gasteiger partial charge in [0.1, 0.15) is 9.71 Å². The average Bonchev–Trinajstić information content (AvgIpc) is 3.48. The van der Waals surface area contributed by atoms with Crippen LogP contribution in [0.5, 0.6) is 0 Å². The predicted molar refractivity (Wildman–Crippen MR) is 138 cm³/mol. The number of hydrogen-bond donors (Lipinski definition) is 1. The Morgan fingerprint density at radius 1 is 0.912 bits per heavy atom. The van der Waals surface area contributed by atoms with E-state index in [1.54, 1.807) is 0 Å². The summed E-state index contributed by atoms with van der Waals surface area (Å²) in [6, 6.07) is 23.6. The Hall–Kier alpha value is -3.22. The summed E-state index contributed by atoms with van der Waals surface area (Å²) < 4.78 is 0. The maximum absolute atomic E-state index is 13.5. The molecular weight excluding hydrogens is 440 g/mol. The van der Waals surface area contributed by atoms with Gasteiger partial charge in [-0.1, -0.05) is 60.7 Å². The zero-order chi connectivity index (χ0) is 23.1. The second-order valence-corrected chi connectivity index (χ2v) is 10.2. The topological polar surface area (TPSA) is 62.5 Å². The van der Waals surface area contributed by atoms with E-state index in [9.17, 15) is 4.79 Å². The second-order valence-electron chi connectivity index (χ2n) is 9.20. The number of fused-ring (bicyclic) bond motifs is 2. The summed E-state index contributed by atoms with van der Waals surface area (Å²) >= 11 is 1.45. The fourth-order valence-electron chi connectivity index (χ4n) is 5.37. The van der Waals surface area contributed by atoms with Crippen LogP contribution in [0.25, 0.3) is 10.2 Å². The van der Waals surface area contributed by atoms with E-state index >= 15 is 0 Å². The fraction of sp³-hybridized carbons (Fsp3) is 0.286. The molecule has 1 fully saturated rings. The number of nitrogens with zero attached hydrogens (tertiary/aromatic N) is 3. The lowest BCUT2D eigenvalue weighted by atomic mass is 9.96. The third kappa shape index (κ3) is 3.77. The summed E-state index contributed by atoms with van der Waals surface area (Å²) in [7, 11) is 0. The Labute approximate surface area is 203 Å². The van der Waals surface area contributed by atoms with Gasteiger partial charge in [-0.15, -0.1) is 11.3 Å². The van der Waals surface area contributed by atoms with E-state index < -0.39 is 0 Å². The third-order valence-electron chi connectivity index (χ3n) is 7.14. The lowest BCUT2D eigenvalue weighted by Crippen LogP contribution is -2.49. The molecule has 2 aromatic heterocycles. The number of nitrogen functional groups attached to an aromatic ring is 1. The third-order valence-corrected chi connectivity index (χ3v) is 8.24. The Morgan fingerprint density at radius 3 is 2.21 bits per heavy atom. The van der Waals surface area contributed by atoms with Gasteiger partial charge >= 0.3 is 0 Å². The van der Waals surface area contributed by atoms with Crippen molar-refractivity contribution in [2.75, 3.05) is 31.9 Å². The molecule has 1 aliphatic carbocycles. The highest BCUT2D eigenvalue weighted by molar-refractivity contribution is 7.21. The lowest BCUT2D eigenvalue weighted by molar-refractivity contribution is 0.0603. The van der Waals surface area contributed by atoms with Crippen LogP contribution in [-0.4, -0.2) is 46.9 Å². The van der Waals surface area contributed by atoms with Crippen LogP contribution >= 0.6 is 11.3 Å². The molecular formula is C28H28N4OS. The van der Waals surface area contributed by atoms with Crippen LogP contribution in [0.2, 0.25) is 0 Å².